The van der Waals surface area contributed by atoms with E-state index < -0.39 is 4.92 Å². The summed E-state index contributed by atoms with van der Waals surface area (Å²) in [5.41, 5.74) is 0.0534. The summed E-state index contributed by atoms with van der Waals surface area (Å²) in [4.78, 5) is 21.0. The smallest absolute Gasteiger partial charge is 0.288 e. The summed E-state index contributed by atoms with van der Waals surface area (Å²) < 4.78 is 5.47. The van der Waals surface area contributed by atoms with E-state index in [9.17, 15) is 14.9 Å². The van der Waals surface area contributed by atoms with Gasteiger partial charge in [-0.2, -0.15) is 0 Å². The Bertz CT molecular complexity index is 688. The van der Waals surface area contributed by atoms with E-state index in [2.05, 4.69) is 0 Å². The molecule has 20 heavy (non-hydrogen) atoms. The zero-order valence-corrected chi connectivity index (χ0v) is 11.4. The maximum absolute atomic E-state index is 10.9. The molecule has 102 valence electrons. The number of hydrogen-bond acceptors (Lipinski definition) is 4. The molecular formula is C13H7Cl2NO4. The molecule has 0 aliphatic carbocycles. The first-order valence-corrected chi connectivity index (χ1v) is 6.13. The Kier molecular flexibility index (Phi) is 4.22. The number of ether oxygens (including phenoxy) is 1. The van der Waals surface area contributed by atoms with Crippen LogP contribution in [0, 0.1) is 10.1 Å². The summed E-state index contributed by atoms with van der Waals surface area (Å²) in [5, 5.41) is 11.0. The van der Waals surface area contributed by atoms with Gasteiger partial charge in [0.2, 0.25) is 0 Å². The van der Waals surface area contributed by atoms with Crippen molar-refractivity contribution in [3.05, 3.63) is 62.1 Å². The lowest BCUT2D eigenvalue weighted by Crippen LogP contribution is -1.92. The number of carbonyl (C=O) groups is 1. The van der Waals surface area contributed by atoms with Gasteiger partial charge in [-0.3, -0.25) is 14.9 Å². The average Bonchev–Trinajstić information content (AvgIpc) is 2.40. The number of nitro groups is 1. The standard InChI is InChI=1S/C13H7Cl2NO4/c14-9-1-4-13(8(5-9)7-17)20-10-2-3-12(16(18)19)11(15)6-10/h1-7H. The molecule has 0 amide bonds. The number of aldehydes is 1. The lowest BCUT2D eigenvalue weighted by atomic mass is 10.2. The lowest BCUT2D eigenvalue weighted by molar-refractivity contribution is -0.384. The van der Waals surface area contributed by atoms with Crippen LogP contribution in [0.15, 0.2) is 36.4 Å². The highest BCUT2D eigenvalue weighted by atomic mass is 35.5. The van der Waals surface area contributed by atoms with Gasteiger partial charge in [0.05, 0.1) is 10.5 Å². The van der Waals surface area contributed by atoms with E-state index in [1.54, 1.807) is 6.07 Å². The van der Waals surface area contributed by atoms with Crippen molar-refractivity contribution < 1.29 is 14.5 Å². The average molecular weight is 312 g/mol. The number of rotatable bonds is 4. The largest absolute Gasteiger partial charge is 0.457 e. The van der Waals surface area contributed by atoms with Gasteiger partial charge < -0.3 is 4.74 Å². The van der Waals surface area contributed by atoms with Crippen molar-refractivity contribution in [3.63, 3.8) is 0 Å². The van der Waals surface area contributed by atoms with Gasteiger partial charge in [0, 0.05) is 17.2 Å². The third-order valence-corrected chi connectivity index (χ3v) is 2.98. The van der Waals surface area contributed by atoms with Crippen molar-refractivity contribution >= 4 is 35.2 Å². The highest BCUT2D eigenvalue weighted by molar-refractivity contribution is 6.32. The van der Waals surface area contributed by atoms with E-state index in [1.807, 2.05) is 0 Å². The van der Waals surface area contributed by atoms with E-state index in [4.69, 9.17) is 27.9 Å². The Morgan fingerprint density at radius 3 is 2.50 bits per heavy atom. The van der Waals surface area contributed by atoms with Crippen LogP contribution in [0.4, 0.5) is 5.69 Å². The number of benzene rings is 2. The van der Waals surface area contributed by atoms with Crippen molar-refractivity contribution in [1.82, 2.24) is 0 Å². The van der Waals surface area contributed by atoms with Crippen molar-refractivity contribution in [2.75, 3.05) is 0 Å². The Morgan fingerprint density at radius 1 is 1.15 bits per heavy atom. The fourth-order valence-electron chi connectivity index (χ4n) is 1.53. The van der Waals surface area contributed by atoms with Crippen LogP contribution in [0.1, 0.15) is 10.4 Å². The second kappa shape index (κ2) is 5.90. The first-order chi connectivity index (χ1) is 9.51. The number of carbonyl (C=O) groups excluding carboxylic acids is 1. The second-order valence-corrected chi connectivity index (χ2v) is 4.62. The number of halogens is 2. The molecule has 0 aliphatic rings. The molecule has 0 bridgehead atoms. The zero-order valence-electron chi connectivity index (χ0n) is 9.88. The highest BCUT2D eigenvalue weighted by Crippen LogP contribution is 2.32. The molecule has 2 aromatic rings. The minimum atomic E-state index is -0.592. The fourth-order valence-corrected chi connectivity index (χ4v) is 1.95. The van der Waals surface area contributed by atoms with E-state index in [0.717, 1.165) is 0 Å². The van der Waals surface area contributed by atoms with Crippen LogP contribution >= 0.6 is 23.2 Å². The predicted octanol–water partition coefficient (Wildman–Crippen LogP) is 4.51. The van der Waals surface area contributed by atoms with E-state index in [0.29, 0.717) is 11.3 Å². The number of nitro benzene ring substituents is 1. The van der Waals surface area contributed by atoms with Gasteiger partial charge in [-0.05, 0) is 24.3 Å². The topological polar surface area (TPSA) is 69.4 Å². The van der Waals surface area contributed by atoms with Crippen LogP contribution in [0.2, 0.25) is 10.0 Å². The summed E-state index contributed by atoms with van der Waals surface area (Å²) in [7, 11) is 0. The lowest BCUT2D eigenvalue weighted by Gasteiger charge is -2.08. The molecule has 0 atom stereocenters. The molecule has 0 fully saturated rings. The molecule has 7 heteroatoms. The van der Waals surface area contributed by atoms with E-state index in [1.165, 1.54) is 30.3 Å². The minimum Gasteiger partial charge on any atom is -0.457 e. The van der Waals surface area contributed by atoms with Gasteiger partial charge in [0.25, 0.3) is 5.69 Å². The first-order valence-electron chi connectivity index (χ1n) is 5.38. The summed E-state index contributed by atoms with van der Waals surface area (Å²) in [5.74, 6) is 0.570. The van der Waals surface area contributed by atoms with Crippen molar-refractivity contribution in [1.29, 1.82) is 0 Å². The van der Waals surface area contributed by atoms with Gasteiger partial charge in [0.1, 0.15) is 16.5 Å². The summed E-state index contributed by atoms with van der Waals surface area (Å²) in [6, 6.07) is 8.49. The van der Waals surface area contributed by atoms with Crippen molar-refractivity contribution in [2.45, 2.75) is 0 Å². The predicted molar refractivity (Wildman–Crippen MR) is 75.0 cm³/mol. The Balaban J connectivity index is 2.33. The second-order valence-electron chi connectivity index (χ2n) is 3.77. The van der Waals surface area contributed by atoms with E-state index >= 15 is 0 Å². The third-order valence-electron chi connectivity index (χ3n) is 2.44. The van der Waals surface area contributed by atoms with Gasteiger partial charge in [-0.1, -0.05) is 23.2 Å². The van der Waals surface area contributed by atoms with Crippen molar-refractivity contribution in [2.24, 2.45) is 0 Å². The third kappa shape index (κ3) is 3.07. The quantitative estimate of drug-likeness (QED) is 0.473. The maximum Gasteiger partial charge on any atom is 0.288 e. The van der Waals surface area contributed by atoms with Crippen LogP contribution < -0.4 is 4.74 Å². The molecule has 0 unspecified atom stereocenters. The number of hydrogen-bond donors (Lipinski definition) is 0. The van der Waals surface area contributed by atoms with Crippen LogP contribution in [0.25, 0.3) is 0 Å². The summed E-state index contributed by atoms with van der Waals surface area (Å²) in [6.45, 7) is 0. The van der Waals surface area contributed by atoms with Crippen molar-refractivity contribution in [3.8, 4) is 11.5 Å². The molecule has 5 nitrogen and oxygen atoms in total. The maximum atomic E-state index is 10.9. The van der Waals surface area contributed by atoms with Gasteiger partial charge in [0.15, 0.2) is 6.29 Å². The summed E-state index contributed by atoms with van der Waals surface area (Å²) in [6.07, 6.45) is 0.605. The Labute approximate surface area is 123 Å². The van der Waals surface area contributed by atoms with Crippen LogP contribution in [0.5, 0.6) is 11.5 Å². The molecule has 2 aromatic carbocycles. The Morgan fingerprint density at radius 2 is 1.90 bits per heavy atom. The van der Waals surface area contributed by atoms with Crippen LogP contribution in [0.3, 0.4) is 0 Å². The Hall–Kier alpha value is -2.11. The first kappa shape index (κ1) is 14.3. The molecule has 0 N–H and O–H groups in total. The normalized spacial score (nSPS) is 10.1. The van der Waals surface area contributed by atoms with Gasteiger partial charge in [-0.25, -0.2) is 0 Å². The molecule has 0 saturated heterocycles. The molecule has 0 heterocycles. The molecule has 0 aliphatic heterocycles. The fraction of sp³-hybridized carbons (Fsp3) is 0. The van der Waals surface area contributed by atoms with E-state index in [-0.39, 0.29) is 27.8 Å². The molecule has 0 radical (unpaired) electrons. The highest BCUT2D eigenvalue weighted by Gasteiger charge is 2.13. The molecule has 0 spiro atoms. The molecule has 0 saturated carbocycles. The molecule has 2 rings (SSSR count). The summed E-state index contributed by atoms with van der Waals surface area (Å²) >= 11 is 11.5. The van der Waals surface area contributed by atoms with Gasteiger partial charge >= 0.3 is 0 Å². The number of nitrogens with zero attached hydrogens (tertiary/aromatic N) is 1. The molecular weight excluding hydrogens is 305 g/mol. The minimum absolute atomic E-state index is 0.0471. The van der Waals surface area contributed by atoms with Crippen LogP contribution in [-0.2, 0) is 0 Å². The van der Waals surface area contributed by atoms with Crippen LogP contribution in [-0.4, -0.2) is 11.2 Å². The van der Waals surface area contributed by atoms with Gasteiger partial charge in [-0.15, -0.1) is 0 Å². The SMILES string of the molecule is O=Cc1cc(Cl)ccc1Oc1ccc([N+](=O)[O-])c(Cl)c1. The zero-order chi connectivity index (χ0) is 14.7. The molecule has 0 aromatic heterocycles. The monoisotopic (exact) mass is 311 g/mol.